The van der Waals surface area contributed by atoms with Gasteiger partial charge < -0.3 is 11.1 Å². The van der Waals surface area contributed by atoms with E-state index >= 15 is 0 Å². The molecule has 0 aliphatic heterocycles. The average molecular weight is 455 g/mol. The highest BCUT2D eigenvalue weighted by Gasteiger charge is 2.27. The van der Waals surface area contributed by atoms with Crippen LogP contribution in [-0.4, -0.2) is 22.2 Å². The second kappa shape index (κ2) is 10.4. The number of rotatable bonds is 9. The van der Waals surface area contributed by atoms with Gasteiger partial charge in [0.25, 0.3) is 5.91 Å². The number of carbonyl (C=O) groups excluding carboxylic acids is 2. The Balaban J connectivity index is 1.66. The van der Waals surface area contributed by atoms with Crippen LogP contribution in [0.25, 0.3) is 10.4 Å². The van der Waals surface area contributed by atoms with E-state index in [1.807, 2.05) is 36.6 Å². The van der Waals surface area contributed by atoms with E-state index in [0.717, 1.165) is 10.4 Å². The van der Waals surface area contributed by atoms with Crippen LogP contribution in [0.1, 0.15) is 46.9 Å². The van der Waals surface area contributed by atoms with E-state index in [-0.39, 0.29) is 23.8 Å². The number of ketones is 1. The second-order valence-electron chi connectivity index (χ2n) is 7.14. The minimum Gasteiger partial charge on any atom is -0.397 e. The number of thiophene rings is 1. The zero-order chi connectivity index (χ0) is 22.4. The summed E-state index contributed by atoms with van der Waals surface area (Å²) in [5.74, 6) is -0.437. The highest BCUT2D eigenvalue weighted by molar-refractivity contribution is 7.38. The average Bonchev–Trinajstić information content (AvgIpc) is 3.30. The Hall–Kier alpha value is -2.86. The predicted molar refractivity (Wildman–Crippen MR) is 126 cm³/mol. The van der Waals surface area contributed by atoms with Crippen LogP contribution in [0.4, 0.5) is 11.4 Å². The summed E-state index contributed by atoms with van der Waals surface area (Å²) in [7, 11) is -2.28. The van der Waals surface area contributed by atoms with Crippen LogP contribution >= 0.6 is 19.4 Å². The lowest BCUT2D eigenvalue weighted by Crippen LogP contribution is -2.13. The number of nitrogens with two attached hydrogens (primary N) is 1. The molecule has 8 heteroatoms. The molecule has 160 valence electrons. The van der Waals surface area contributed by atoms with Gasteiger partial charge in [0, 0.05) is 28.8 Å². The lowest BCUT2D eigenvalue weighted by Gasteiger charge is -2.10. The Kier molecular flexibility index (Phi) is 7.69. The summed E-state index contributed by atoms with van der Waals surface area (Å²) in [5.41, 5.74) is 8.49. The number of carbonyl (C=O) groups is 2. The second-order valence-corrected chi connectivity index (χ2v) is 9.42. The summed E-state index contributed by atoms with van der Waals surface area (Å²) in [6, 6.07) is 15.8. The molecule has 3 rings (SSSR count). The molecule has 0 saturated heterocycles. The van der Waals surface area contributed by atoms with E-state index in [4.69, 9.17) is 5.73 Å². The van der Waals surface area contributed by atoms with Crippen molar-refractivity contribution in [2.45, 2.75) is 31.8 Å². The Labute approximate surface area is 186 Å². The zero-order valence-electron chi connectivity index (χ0n) is 17.1. The number of benzene rings is 2. The summed E-state index contributed by atoms with van der Waals surface area (Å²) >= 11 is 1.60. The van der Waals surface area contributed by atoms with E-state index in [2.05, 4.69) is 5.32 Å². The Morgan fingerprint density at radius 2 is 1.84 bits per heavy atom. The molecule has 31 heavy (non-hydrogen) atoms. The molecule has 1 amide bonds. The molecule has 2 unspecified atom stereocenters. The van der Waals surface area contributed by atoms with Gasteiger partial charge in [0.05, 0.1) is 11.4 Å². The predicted octanol–water partition coefficient (Wildman–Crippen LogP) is 5.73. The fraction of sp³-hybridized carbons (Fsp3) is 0.217. The van der Waals surface area contributed by atoms with Crippen molar-refractivity contribution in [2.75, 3.05) is 11.1 Å². The van der Waals surface area contributed by atoms with E-state index in [9.17, 15) is 19.0 Å². The number of nitrogen functional groups attached to an aromatic ring is 1. The third kappa shape index (κ3) is 5.85. The van der Waals surface area contributed by atoms with Gasteiger partial charge in [0.15, 0.2) is 11.4 Å². The largest absolute Gasteiger partial charge is 0.508 e. The van der Waals surface area contributed by atoms with Crippen molar-refractivity contribution in [3.8, 4) is 10.4 Å². The fourth-order valence-corrected chi connectivity index (χ4v) is 4.56. The van der Waals surface area contributed by atoms with E-state index in [0.29, 0.717) is 35.3 Å². The summed E-state index contributed by atoms with van der Waals surface area (Å²) in [6.07, 6.45) is 1.11. The van der Waals surface area contributed by atoms with Crippen LogP contribution in [0.15, 0.2) is 60.0 Å². The van der Waals surface area contributed by atoms with Crippen LogP contribution in [-0.2, 0) is 4.57 Å². The molecule has 4 N–H and O–H groups in total. The molecule has 1 aromatic heterocycles. The first kappa shape index (κ1) is 22.8. The van der Waals surface area contributed by atoms with Crippen molar-refractivity contribution in [3.63, 3.8) is 0 Å². The van der Waals surface area contributed by atoms with Gasteiger partial charge in [-0.2, -0.15) is 4.89 Å². The lowest BCUT2D eigenvalue weighted by atomic mass is 10.0. The normalized spacial score (nSPS) is 12.3. The van der Waals surface area contributed by atoms with E-state index < -0.39 is 8.03 Å². The Morgan fingerprint density at radius 1 is 1.13 bits per heavy atom. The summed E-state index contributed by atoms with van der Waals surface area (Å²) in [5, 5.41) is 4.82. The van der Waals surface area contributed by atoms with Gasteiger partial charge in [-0.15, -0.1) is 11.3 Å². The van der Waals surface area contributed by atoms with Gasteiger partial charge in [-0.25, -0.2) is 0 Å². The monoisotopic (exact) mass is 455 g/mol. The molecule has 3 aromatic rings. The molecule has 1 heterocycles. The van der Waals surface area contributed by atoms with Crippen molar-refractivity contribution in [1.82, 2.24) is 0 Å². The van der Waals surface area contributed by atoms with Crippen molar-refractivity contribution < 1.29 is 19.0 Å². The van der Waals surface area contributed by atoms with Crippen molar-refractivity contribution >= 4 is 42.4 Å². The van der Waals surface area contributed by atoms with E-state index in [1.54, 1.807) is 41.7 Å². The maximum Gasteiger partial charge on any atom is 0.508 e. The van der Waals surface area contributed by atoms with Gasteiger partial charge in [-0.05, 0) is 52.3 Å². The fourth-order valence-electron chi connectivity index (χ4n) is 3.18. The number of amides is 1. The standard InChI is InChI=1S/C23H23N2O4PS/c1-2-18(30(28)29)10-12-21(26)15-5-7-16(8-6-15)23(27)25-20-14-17(9-11-19(20)24)22-4-3-13-31-22/h3-9,11,13-14,18H,2,10,12H2,1H3,(H3-,24,25,26,27,28,29)/p+1. The highest BCUT2D eigenvalue weighted by Crippen LogP contribution is 2.31. The molecule has 0 spiro atoms. The SMILES string of the molecule is CCC(CCC(=O)c1ccc(C(=O)Nc2cc(-c3cccs3)ccc2N)cc1)[P+](=O)O. The Bertz CT molecular complexity index is 1080. The number of hydrogen-bond donors (Lipinski definition) is 3. The quantitative estimate of drug-likeness (QED) is 0.217. The summed E-state index contributed by atoms with van der Waals surface area (Å²) < 4.78 is 11.2. The molecule has 0 aliphatic rings. The first-order valence-corrected chi connectivity index (χ1v) is 12.1. The van der Waals surface area contributed by atoms with Crippen LogP contribution in [0.3, 0.4) is 0 Å². The minimum atomic E-state index is -2.28. The van der Waals surface area contributed by atoms with Gasteiger partial charge in [0.2, 0.25) is 0 Å². The number of hydrogen-bond acceptors (Lipinski definition) is 5. The molecular weight excluding hydrogens is 431 g/mol. The van der Waals surface area contributed by atoms with Crippen LogP contribution in [0, 0.1) is 0 Å². The molecule has 2 atom stereocenters. The van der Waals surface area contributed by atoms with Crippen LogP contribution in [0.5, 0.6) is 0 Å². The third-order valence-corrected chi connectivity index (χ3v) is 7.23. The summed E-state index contributed by atoms with van der Waals surface area (Å²) in [4.78, 5) is 35.4. The van der Waals surface area contributed by atoms with Crippen LogP contribution in [0.2, 0.25) is 0 Å². The molecule has 0 fully saturated rings. The van der Waals surface area contributed by atoms with E-state index in [1.165, 1.54) is 0 Å². The Morgan fingerprint density at radius 3 is 2.45 bits per heavy atom. The molecule has 2 aromatic carbocycles. The molecule has 6 nitrogen and oxygen atoms in total. The first-order chi connectivity index (χ1) is 14.9. The number of anilines is 2. The minimum absolute atomic E-state index is 0.116. The van der Waals surface area contributed by atoms with Gasteiger partial charge in [0.1, 0.15) is 0 Å². The molecule has 0 aliphatic carbocycles. The number of Topliss-reactive ketones (excluding diaryl/α,β-unsaturated/α-hetero) is 1. The summed E-state index contributed by atoms with van der Waals surface area (Å²) in [6.45, 7) is 1.83. The zero-order valence-corrected chi connectivity index (χ0v) is 18.8. The van der Waals surface area contributed by atoms with Crippen molar-refractivity contribution in [3.05, 3.63) is 71.1 Å². The van der Waals surface area contributed by atoms with Gasteiger partial charge in [-0.1, -0.05) is 31.2 Å². The first-order valence-electron chi connectivity index (χ1n) is 9.92. The number of nitrogens with one attached hydrogen (secondary N) is 1. The maximum absolute atomic E-state index is 12.7. The molecular formula is C23H24N2O4PS+. The molecule has 0 bridgehead atoms. The third-order valence-electron chi connectivity index (χ3n) is 5.06. The van der Waals surface area contributed by atoms with Gasteiger partial charge >= 0.3 is 8.03 Å². The smallest absolute Gasteiger partial charge is 0.397 e. The van der Waals surface area contributed by atoms with Crippen molar-refractivity contribution in [2.24, 2.45) is 0 Å². The van der Waals surface area contributed by atoms with Crippen molar-refractivity contribution in [1.29, 1.82) is 0 Å². The van der Waals surface area contributed by atoms with Gasteiger partial charge in [-0.3, -0.25) is 9.59 Å². The topological polar surface area (TPSA) is 109 Å². The molecule has 0 saturated carbocycles. The lowest BCUT2D eigenvalue weighted by molar-refractivity contribution is 0.0976. The van der Waals surface area contributed by atoms with Crippen LogP contribution < -0.4 is 11.1 Å². The highest BCUT2D eigenvalue weighted by atomic mass is 32.1. The maximum atomic E-state index is 12.7. The molecule has 0 radical (unpaired) electrons.